The summed E-state index contributed by atoms with van der Waals surface area (Å²) in [5.74, 6) is 0.122. The van der Waals surface area contributed by atoms with Crippen molar-refractivity contribution in [3.63, 3.8) is 0 Å². The second-order valence-electron chi connectivity index (χ2n) is 9.69. The summed E-state index contributed by atoms with van der Waals surface area (Å²) in [5.41, 5.74) is 2.69. The van der Waals surface area contributed by atoms with E-state index in [1.165, 1.54) is 24.1 Å². The number of methoxy groups -OCH3 is 2. The highest BCUT2D eigenvalue weighted by Gasteiger charge is 2.34. The number of likely N-dealkylation sites (N-methyl/N-ethyl adjacent to an activating group) is 1. The lowest BCUT2D eigenvalue weighted by atomic mass is 10.1. The van der Waals surface area contributed by atoms with Gasteiger partial charge in [0.2, 0.25) is 11.8 Å². The van der Waals surface area contributed by atoms with E-state index < -0.39 is 28.5 Å². The van der Waals surface area contributed by atoms with Crippen LogP contribution in [0, 0.1) is 13.8 Å². The minimum absolute atomic E-state index is 0.0388. The summed E-state index contributed by atoms with van der Waals surface area (Å²) < 4.78 is 40.0. The van der Waals surface area contributed by atoms with Gasteiger partial charge < -0.3 is 19.7 Å². The van der Waals surface area contributed by atoms with Crippen LogP contribution in [0.25, 0.3) is 0 Å². The third-order valence-corrected chi connectivity index (χ3v) is 8.51. The zero-order chi connectivity index (χ0) is 30.2. The van der Waals surface area contributed by atoms with E-state index in [1.807, 2.05) is 32.9 Å². The first-order valence-corrected chi connectivity index (χ1v) is 14.9. The van der Waals surface area contributed by atoms with Gasteiger partial charge in [-0.05, 0) is 74.7 Å². The number of hydrogen-bond acceptors (Lipinski definition) is 6. The van der Waals surface area contributed by atoms with E-state index in [1.54, 1.807) is 56.5 Å². The lowest BCUT2D eigenvalue weighted by Crippen LogP contribution is -2.52. The number of amides is 2. The van der Waals surface area contributed by atoms with Crippen molar-refractivity contribution in [2.45, 2.75) is 51.6 Å². The summed E-state index contributed by atoms with van der Waals surface area (Å²) in [5, 5.41) is 2.80. The molecule has 41 heavy (non-hydrogen) atoms. The second kappa shape index (κ2) is 14.0. The Hall–Kier alpha value is -4.05. The molecule has 0 bridgehead atoms. The molecule has 0 aliphatic carbocycles. The molecule has 0 saturated carbocycles. The SMILES string of the molecule is CCNC(=O)C(CC)N(Cc1ccc(OC)cc1)C(=O)CN(c1cc(C)ccc1OC)S(=O)(=O)c1ccc(C)cc1. The molecule has 0 aliphatic heterocycles. The number of benzene rings is 3. The average molecular weight is 582 g/mol. The van der Waals surface area contributed by atoms with E-state index in [4.69, 9.17) is 9.47 Å². The number of rotatable bonds is 13. The van der Waals surface area contributed by atoms with Crippen LogP contribution in [0.4, 0.5) is 5.69 Å². The predicted molar refractivity (Wildman–Crippen MR) is 160 cm³/mol. The number of ether oxygens (including phenoxy) is 2. The summed E-state index contributed by atoms with van der Waals surface area (Å²) in [6.45, 7) is 7.28. The van der Waals surface area contributed by atoms with Crippen molar-refractivity contribution in [2.75, 3.05) is 31.6 Å². The number of hydrogen-bond donors (Lipinski definition) is 1. The van der Waals surface area contributed by atoms with Crippen LogP contribution in [0.3, 0.4) is 0 Å². The number of anilines is 1. The molecule has 0 radical (unpaired) electrons. The van der Waals surface area contributed by atoms with Crippen molar-refractivity contribution in [3.05, 3.63) is 83.4 Å². The Morgan fingerprint density at radius 1 is 0.878 bits per heavy atom. The third-order valence-electron chi connectivity index (χ3n) is 6.74. The van der Waals surface area contributed by atoms with E-state index in [0.29, 0.717) is 24.5 Å². The monoisotopic (exact) mass is 581 g/mol. The molecule has 2 amide bonds. The molecule has 0 saturated heterocycles. The number of sulfonamides is 1. The van der Waals surface area contributed by atoms with Crippen molar-refractivity contribution in [1.29, 1.82) is 0 Å². The molecule has 3 rings (SSSR count). The molecule has 3 aromatic carbocycles. The smallest absolute Gasteiger partial charge is 0.264 e. The van der Waals surface area contributed by atoms with Crippen LogP contribution in [0.5, 0.6) is 11.5 Å². The van der Waals surface area contributed by atoms with Gasteiger partial charge in [-0.25, -0.2) is 8.42 Å². The predicted octanol–water partition coefficient (Wildman–Crippen LogP) is 4.46. The number of aryl methyl sites for hydroxylation is 2. The van der Waals surface area contributed by atoms with Crippen molar-refractivity contribution in [3.8, 4) is 11.5 Å². The van der Waals surface area contributed by atoms with Crippen LogP contribution >= 0.6 is 0 Å². The molecule has 0 aromatic heterocycles. The number of carbonyl (C=O) groups is 2. The van der Waals surface area contributed by atoms with Gasteiger partial charge >= 0.3 is 0 Å². The largest absolute Gasteiger partial charge is 0.497 e. The van der Waals surface area contributed by atoms with Crippen LogP contribution in [-0.4, -0.2) is 58.5 Å². The lowest BCUT2D eigenvalue weighted by Gasteiger charge is -2.33. The Morgan fingerprint density at radius 2 is 1.51 bits per heavy atom. The van der Waals surface area contributed by atoms with E-state index in [0.717, 1.165) is 21.0 Å². The van der Waals surface area contributed by atoms with Gasteiger partial charge in [0, 0.05) is 13.1 Å². The topological polar surface area (TPSA) is 105 Å². The second-order valence-corrected chi connectivity index (χ2v) is 11.6. The van der Waals surface area contributed by atoms with Gasteiger partial charge in [-0.2, -0.15) is 0 Å². The normalized spacial score (nSPS) is 11.9. The Kier molecular flexibility index (Phi) is 10.8. The van der Waals surface area contributed by atoms with Crippen molar-refractivity contribution >= 4 is 27.5 Å². The van der Waals surface area contributed by atoms with Crippen LogP contribution in [-0.2, 0) is 26.2 Å². The summed E-state index contributed by atoms with van der Waals surface area (Å²) >= 11 is 0. The molecule has 220 valence electrons. The van der Waals surface area contributed by atoms with E-state index >= 15 is 0 Å². The summed E-state index contributed by atoms with van der Waals surface area (Å²) in [6.07, 6.45) is 0.339. The van der Waals surface area contributed by atoms with Crippen LogP contribution in [0.1, 0.15) is 37.0 Å². The Balaban J connectivity index is 2.12. The fourth-order valence-corrected chi connectivity index (χ4v) is 5.90. The zero-order valence-electron chi connectivity index (χ0n) is 24.5. The highest BCUT2D eigenvalue weighted by Crippen LogP contribution is 2.34. The zero-order valence-corrected chi connectivity index (χ0v) is 25.3. The van der Waals surface area contributed by atoms with Gasteiger partial charge in [-0.1, -0.05) is 42.8 Å². The quantitative estimate of drug-likeness (QED) is 0.320. The van der Waals surface area contributed by atoms with Gasteiger partial charge in [-0.3, -0.25) is 13.9 Å². The molecule has 0 heterocycles. The average Bonchev–Trinajstić information content (AvgIpc) is 2.96. The first-order chi connectivity index (χ1) is 19.5. The molecular weight excluding hydrogens is 542 g/mol. The number of nitrogens with one attached hydrogen (secondary N) is 1. The molecule has 0 spiro atoms. The maximum Gasteiger partial charge on any atom is 0.264 e. The Bertz CT molecular complexity index is 1440. The molecule has 0 aliphatic rings. The summed E-state index contributed by atoms with van der Waals surface area (Å²) in [6, 6.07) is 18.0. The number of nitrogens with zero attached hydrogens (tertiary/aromatic N) is 2. The fraction of sp³-hybridized carbons (Fsp3) is 0.355. The molecular formula is C31H39N3O6S. The molecule has 3 aromatic rings. The highest BCUT2D eigenvalue weighted by molar-refractivity contribution is 7.92. The Morgan fingerprint density at radius 3 is 2.07 bits per heavy atom. The third kappa shape index (κ3) is 7.58. The van der Waals surface area contributed by atoms with E-state index in [-0.39, 0.29) is 23.0 Å². The summed E-state index contributed by atoms with van der Waals surface area (Å²) in [4.78, 5) is 28.7. The maximum atomic E-state index is 14.2. The molecule has 1 atom stereocenters. The summed E-state index contributed by atoms with van der Waals surface area (Å²) in [7, 11) is -1.19. The van der Waals surface area contributed by atoms with Gasteiger partial charge in [0.1, 0.15) is 24.1 Å². The van der Waals surface area contributed by atoms with Gasteiger partial charge in [-0.15, -0.1) is 0 Å². The molecule has 10 heteroatoms. The van der Waals surface area contributed by atoms with Crippen LogP contribution < -0.4 is 19.1 Å². The molecule has 0 fully saturated rings. The standard InChI is InChI=1S/C31H39N3O6S/c1-7-27(31(36)32-8-2)33(20-24-12-14-25(39-5)15-13-24)30(35)21-34(28-19-23(4)11-18-29(28)40-6)41(37,38)26-16-9-22(3)10-17-26/h9-19,27H,7-8,20-21H2,1-6H3,(H,32,36). The van der Waals surface area contributed by atoms with Gasteiger partial charge in [0.15, 0.2) is 0 Å². The first-order valence-electron chi connectivity index (χ1n) is 13.5. The minimum atomic E-state index is -4.20. The van der Waals surface area contributed by atoms with Crippen LogP contribution in [0.2, 0.25) is 0 Å². The van der Waals surface area contributed by atoms with Gasteiger partial charge in [0.25, 0.3) is 10.0 Å². The van der Waals surface area contributed by atoms with Crippen LogP contribution in [0.15, 0.2) is 71.6 Å². The van der Waals surface area contributed by atoms with Crippen molar-refractivity contribution in [2.24, 2.45) is 0 Å². The van der Waals surface area contributed by atoms with Crippen molar-refractivity contribution in [1.82, 2.24) is 10.2 Å². The number of carbonyl (C=O) groups excluding carboxylic acids is 2. The lowest BCUT2D eigenvalue weighted by molar-refractivity contribution is -0.140. The Labute approximate surface area is 243 Å². The molecule has 9 nitrogen and oxygen atoms in total. The molecule has 1 unspecified atom stereocenters. The first kappa shape index (κ1) is 31.5. The van der Waals surface area contributed by atoms with Gasteiger partial charge in [0.05, 0.1) is 24.8 Å². The minimum Gasteiger partial charge on any atom is -0.497 e. The van der Waals surface area contributed by atoms with Crippen molar-refractivity contribution < 1.29 is 27.5 Å². The highest BCUT2D eigenvalue weighted by atomic mass is 32.2. The fourth-order valence-electron chi connectivity index (χ4n) is 4.48. The maximum absolute atomic E-state index is 14.2. The van der Waals surface area contributed by atoms with E-state index in [2.05, 4.69) is 5.32 Å². The van der Waals surface area contributed by atoms with E-state index in [9.17, 15) is 18.0 Å². The molecule has 1 N–H and O–H groups in total.